The van der Waals surface area contributed by atoms with Crippen LogP contribution < -0.4 is 10.6 Å². The molecule has 0 atom stereocenters. The molecule has 0 unspecified atom stereocenters. The van der Waals surface area contributed by atoms with Crippen LogP contribution in [0.25, 0.3) is 0 Å². The molecule has 1 amide bonds. The van der Waals surface area contributed by atoms with E-state index in [9.17, 15) is 4.79 Å². The molecule has 0 fully saturated rings. The van der Waals surface area contributed by atoms with Crippen molar-refractivity contribution in [2.45, 2.75) is 6.42 Å². The molecule has 0 aliphatic carbocycles. The number of carbonyl (C=O) groups is 1. The first-order valence-electron chi connectivity index (χ1n) is 6.10. The maximum Gasteiger partial charge on any atom is 0.256 e. The summed E-state index contributed by atoms with van der Waals surface area (Å²) >= 11 is 0. The van der Waals surface area contributed by atoms with Gasteiger partial charge < -0.3 is 10.6 Å². The van der Waals surface area contributed by atoms with Crippen LogP contribution in [0.4, 0.5) is 5.69 Å². The number of nitrogens with one attached hydrogen (secondary N) is 2. The standard InChI is InChI=1S/C14H16N4O/c1-15-7-6-11-4-2-3-5-13(11)14(19)18-12-8-16-10-17-9-12/h2-5,8-10,15H,6-7H2,1H3,(H,18,19). The van der Waals surface area contributed by atoms with E-state index in [-0.39, 0.29) is 5.91 Å². The van der Waals surface area contributed by atoms with E-state index >= 15 is 0 Å². The molecule has 2 rings (SSSR count). The van der Waals surface area contributed by atoms with Gasteiger partial charge in [0.25, 0.3) is 5.91 Å². The van der Waals surface area contributed by atoms with Crippen LogP contribution in [0, 0.1) is 0 Å². The van der Waals surface area contributed by atoms with E-state index in [2.05, 4.69) is 20.6 Å². The summed E-state index contributed by atoms with van der Waals surface area (Å²) in [4.78, 5) is 19.9. The van der Waals surface area contributed by atoms with E-state index in [0.29, 0.717) is 11.3 Å². The number of anilines is 1. The van der Waals surface area contributed by atoms with Crippen molar-refractivity contribution in [2.24, 2.45) is 0 Å². The van der Waals surface area contributed by atoms with Gasteiger partial charge in [0.1, 0.15) is 6.33 Å². The molecule has 1 aromatic carbocycles. The molecule has 1 heterocycles. The molecule has 0 radical (unpaired) electrons. The van der Waals surface area contributed by atoms with Gasteiger partial charge in [0, 0.05) is 5.56 Å². The molecule has 2 N–H and O–H groups in total. The highest BCUT2D eigenvalue weighted by molar-refractivity contribution is 6.05. The second-order valence-corrected chi connectivity index (χ2v) is 4.09. The lowest BCUT2D eigenvalue weighted by atomic mass is 10.0. The average Bonchev–Trinajstić information content (AvgIpc) is 2.46. The van der Waals surface area contributed by atoms with E-state index in [1.807, 2.05) is 31.3 Å². The predicted molar refractivity (Wildman–Crippen MR) is 74.1 cm³/mol. The minimum atomic E-state index is -0.137. The third-order valence-corrected chi connectivity index (χ3v) is 2.72. The van der Waals surface area contributed by atoms with E-state index < -0.39 is 0 Å². The quantitative estimate of drug-likeness (QED) is 0.850. The Hall–Kier alpha value is -2.27. The van der Waals surface area contributed by atoms with E-state index in [0.717, 1.165) is 18.5 Å². The third-order valence-electron chi connectivity index (χ3n) is 2.72. The van der Waals surface area contributed by atoms with Crippen LogP contribution in [-0.2, 0) is 6.42 Å². The minimum absolute atomic E-state index is 0.137. The highest BCUT2D eigenvalue weighted by Gasteiger charge is 2.10. The summed E-state index contributed by atoms with van der Waals surface area (Å²) in [5.74, 6) is -0.137. The average molecular weight is 256 g/mol. The fraction of sp³-hybridized carbons (Fsp3) is 0.214. The molecule has 5 heteroatoms. The molecule has 0 aliphatic heterocycles. The van der Waals surface area contributed by atoms with Gasteiger partial charge >= 0.3 is 0 Å². The zero-order chi connectivity index (χ0) is 13.5. The molecule has 0 spiro atoms. The molecule has 0 aliphatic rings. The van der Waals surface area contributed by atoms with Gasteiger partial charge in [-0.1, -0.05) is 18.2 Å². The number of nitrogens with zero attached hydrogens (tertiary/aromatic N) is 2. The highest BCUT2D eigenvalue weighted by Crippen LogP contribution is 2.12. The van der Waals surface area contributed by atoms with Crippen LogP contribution in [0.2, 0.25) is 0 Å². The maximum atomic E-state index is 12.2. The summed E-state index contributed by atoms with van der Waals surface area (Å²) in [5, 5.41) is 5.87. The fourth-order valence-electron chi connectivity index (χ4n) is 1.78. The van der Waals surface area contributed by atoms with Gasteiger partial charge in [-0.2, -0.15) is 0 Å². The number of carbonyl (C=O) groups excluding carboxylic acids is 1. The summed E-state index contributed by atoms with van der Waals surface area (Å²) in [5.41, 5.74) is 2.30. The Balaban J connectivity index is 2.14. The fourth-order valence-corrected chi connectivity index (χ4v) is 1.78. The Morgan fingerprint density at radius 1 is 1.21 bits per heavy atom. The smallest absolute Gasteiger partial charge is 0.256 e. The Morgan fingerprint density at radius 2 is 1.95 bits per heavy atom. The zero-order valence-electron chi connectivity index (χ0n) is 10.8. The minimum Gasteiger partial charge on any atom is -0.319 e. The molecule has 1 aromatic heterocycles. The molecule has 5 nitrogen and oxygen atoms in total. The molecular weight excluding hydrogens is 240 g/mol. The van der Waals surface area contributed by atoms with Crippen LogP contribution in [0.1, 0.15) is 15.9 Å². The maximum absolute atomic E-state index is 12.2. The van der Waals surface area contributed by atoms with Gasteiger partial charge in [0.05, 0.1) is 18.1 Å². The molecule has 98 valence electrons. The zero-order valence-corrected chi connectivity index (χ0v) is 10.8. The van der Waals surface area contributed by atoms with Crippen LogP contribution in [0.15, 0.2) is 43.0 Å². The van der Waals surface area contributed by atoms with Gasteiger partial charge in [0.2, 0.25) is 0 Å². The van der Waals surface area contributed by atoms with Crippen molar-refractivity contribution in [3.63, 3.8) is 0 Å². The number of hydrogen-bond donors (Lipinski definition) is 2. The number of likely N-dealkylation sites (N-methyl/N-ethyl adjacent to an activating group) is 1. The number of benzene rings is 1. The van der Waals surface area contributed by atoms with E-state index in [1.165, 1.54) is 6.33 Å². The molecule has 0 bridgehead atoms. The number of rotatable bonds is 5. The molecule has 0 saturated carbocycles. The molecule has 19 heavy (non-hydrogen) atoms. The van der Waals surface area contributed by atoms with Crippen molar-refractivity contribution < 1.29 is 4.79 Å². The Labute approximate surface area is 112 Å². The normalized spacial score (nSPS) is 10.2. The largest absolute Gasteiger partial charge is 0.319 e. The van der Waals surface area contributed by atoms with Crippen molar-refractivity contribution in [3.05, 3.63) is 54.1 Å². The van der Waals surface area contributed by atoms with E-state index in [4.69, 9.17) is 0 Å². The van der Waals surface area contributed by atoms with Gasteiger partial charge in [-0.15, -0.1) is 0 Å². The van der Waals surface area contributed by atoms with Crippen molar-refractivity contribution in [1.82, 2.24) is 15.3 Å². The third kappa shape index (κ3) is 3.59. The second-order valence-electron chi connectivity index (χ2n) is 4.09. The summed E-state index contributed by atoms with van der Waals surface area (Å²) in [6, 6.07) is 7.59. The lowest BCUT2D eigenvalue weighted by Gasteiger charge is -2.09. The highest BCUT2D eigenvalue weighted by atomic mass is 16.1. The van der Waals surface area contributed by atoms with Crippen LogP contribution >= 0.6 is 0 Å². The van der Waals surface area contributed by atoms with Crippen molar-refractivity contribution in [1.29, 1.82) is 0 Å². The monoisotopic (exact) mass is 256 g/mol. The van der Waals surface area contributed by atoms with Crippen molar-refractivity contribution in [3.8, 4) is 0 Å². The van der Waals surface area contributed by atoms with Crippen molar-refractivity contribution >= 4 is 11.6 Å². The number of amides is 1. The SMILES string of the molecule is CNCCc1ccccc1C(=O)Nc1cncnc1. The number of hydrogen-bond acceptors (Lipinski definition) is 4. The van der Waals surface area contributed by atoms with Gasteiger partial charge in [-0.3, -0.25) is 4.79 Å². The van der Waals surface area contributed by atoms with Gasteiger partial charge in [-0.05, 0) is 31.6 Å². The summed E-state index contributed by atoms with van der Waals surface area (Å²) in [6.07, 6.45) is 5.38. The Morgan fingerprint density at radius 3 is 2.68 bits per heavy atom. The molecule has 0 saturated heterocycles. The van der Waals surface area contributed by atoms with Gasteiger partial charge in [-0.25, -0.2) is 9.97 Å². The van der Waals surface area contributed by atoms with Crippen LogP contribution in [-0.4, -0.2) is 29.5 Å². The first-order valence-corrected chi connectivity index (χ1v) is 6.10. The Bertz CT molecular complexity index is 542. The first kappa shape index (κ1) is 13.2. The predicted octanol–water partition coefficient (Wildman–Crippen LogP) is 1.49. The first-order chi connectivity index (χ1) is 9.31. The molecular formula is C14H16N4O. The summed E-state index contributed by atoms with van der Waals surface area (Å²) < 4.78 is 0. The van der Waals surface area contributed by atoms with Crippen LogP contribution in [0.5, 0.6) is 0 Å². The van der Waals surface area contributed by atoms with E-state index in [1.54, 1.807) is 12.4 Å². The van der Waals surface area contributed by atoms with Crippen LogP contribution in [0.3, 0.4) is 0 Å². The number of aromatic nitrogens is 2. The lowest BCUT2D eigenvalue weighted by molar-refractivity contribution is 0.102. The topological polar surface area (TPSA) is 66.9 Å². The Kier molecular flexibility index (Phi) is 4.58. The molecule has 2 aromatic rings. The van der Waals surface area contributed by atoms with Crippen molar-refractivity contribution in [2.75, 3.05) is 18.9 Å². The lowest BCUT2D eigenvalue weighted by Crippen LogP contribution is -2.17. The second kappa shape index (κ2) is 6.61. The summed E-state index contributed by atoms with van der Waals surface area (Å²) in [6.45, 7) is 0.832. The summed E-state index contributed by atoms with van der Waals surface area (Å²) in [7, 11) is 1.89. The van der Waals surface area contributed by atoms with Gasteiger partial charge in [0.15, 0.2) is 0 Å².